The molecule has 3 aliphatic rings. The average Bonchev–Trinajstić information content (AvgIpc) is 2.71. The fourth-order valence-corrected chi connectivity index (χ4v) is 5.54. The van der Waals surface area contributed by atoms with Crippen molar-refractivity contribution in [3.8, 4) is 0 Å². The van der Waals surface area contributed by atoms with Crippen molar-refractivity contribution in [3.05, 3.63) is 11.1 Å². The van der Waals surface area contributed by atoms with Crippen molar-refractivity contribution in [2.75, 3.05) is 0 Å². The van der Waals surface area contributed by atoms with Gasteiger partial charge in [0.1, 0.15) is 6.29 Å². The molecule has 2 saturated carbocycles. The smallest absolute Gasteiger partial charge is 0.332 e. The highest BCUT2D eigenvalue weighted by Crippen LogP contribution is 2.73. The number of aldehydes is 1. The van der Waals surface area contributed by atoms with E-state index in [1.165, 1.54) is 6.42 Å². The standard InChI is InChI=1S/C16H22O3/c1-9-4-5-11-6-12-13(14(18)19)10(8-17)7-16(9,12)15(11,2)3/h8-11H,4-7H2,1-3H3,(H,18,19). The number of carboxylic acids is 1. The minimum Gasteiger partial charge on any atom is -0.478 e. The van der Waals surface area contributed by atoms with Gasteiger partial charge in [0, 0.05) is 16.9 Å². The number of hydrogen-bond acceptors (Lipinski definition) is 2. The Morgan fingerprint density at radius 2 is 2.05 bits per heavy atom. The molecule has 104 valence electrons. The fraction of sp³-hybridized carbons (Fsp3) is 0.750. The second-order valence-corrected chi connectivity index (χ2v) is 7.22. The lowest BCUT2D eigenvalue weighted by molar-refractivity contribution is -0.134. The highest BCUT2D eigenvalue weighted by molar-refractivity contribution is 5.94. The van der Waals surface area contributed by atoms with E-state index in [2.05, 4.69) is 20.8 Å². The molecule has 4 atom stereocenters. The van der Waals surface area contributed by atoms with E-state index in [1.807, 2.05) is 0 Å². The number of carbonyl (C=O) groups is 2. The van der Waals surface area contributed by atoms with Gasteiger partial charge in [-0.2, -0.15) is 0 Å². The minimum atomic E-state index is -0.875. The summed E-state index contributed by atoms with van der Waals surface area (Å²) in [5.74, 6) is -0.205. The molecule has 2 fully saturated rings. The number of carbonyl (C=O) groups excluding carboxylic acids is 1. The maximum Gasteiger partial charge on any atom is 0.332 e. The third kappa shape index (κ3) is 1.29. The summed E-state index contributed by atoms with van der Waals surface area (Å²) in [5, 5.41) is 9.52. The molecule has 0 aromatic heterocycles. The van der Waals surface area contributed by atoms with Crippen molar-refractivity contribution in [2.45, 2.75) is 46.5 Å². The first-order valence-electron chi connectivity index (χ1n) is 7.28. The lowest BCUT2D eigenvalue weighted by atomic mass is 9.52. The Morgan fingerprint density at radius 3 is 2.63 bits per heavy atom. The van der Waals surface area contributed by atoms with Crippen LogP contribution in [0.25, 0.3) is 0 Å². The highest BCUT2D eigenvalue weighted by atomic mass is 16.4. The van der Waals surface area contributed by atoms with Gasteiger partial charge in [0.25, 0.3) is 0 Å². The van der Waals surface area contributed by atoms with Gasteiger partial charge in [0.15, 0.2) is 0 Å². The molecule has 19 heavy (non-hydrogen) atoms. The van der Waals surface area contributed by atoms with Crippen LogP contribution in [-0.2, 0) is 9.59 Å². The summed E-state index contributed by atoms with van der Waals surface area (Å²) in [6.45, 7) is 6.82. The molecule has 0 amide bonds. The predicted octanol–water partition coefficient (Wildman–Crippen LogP) is 3.05. The number of allylic oxidation sites excluding steroid dienone is 1. The van der Waals surface area contributed by atoms with Crippen LogP contribution in [0, 0.1) is 28.6 Å². The summed E-state index contributed by atoms with van der Waals surface area (Å²) in [7, 11) is 0. The highest BCUT2D eigenvalue weighted by Gasteiger charge is 2.66. The summed E-state index contributed by atoms with van der Waals surface area (Å²) in [6.07, 6.45) is 4.82. The van der Waals surface area contributed by atoms with E-state index < -0.39 is 11.9 Å². The number of rotatable bonds is 2. The van der Waals surface area contributed by atoms with E-state index in [9.17, 15) is 14.7 Å². The Kier molecular flexibility index (Phi) is 2.52. The first kappa shape index (κ1) is 12.9. The molecular weight excluding hydrogens is 240 g/mol. The molecule has 0 radical (unpaired) electrons. The zero-order valence-electron chi connectivity index (χ0n) is 11.9. The Bertz CT molecular complexity index is 488. The third-order valence-corrected chi connectivity index (χ3v) is 6.58. The van der Waals surface area contributed by atoms with Crippen LogP contribution < -0.4 is 0 Å². The van der Waals surface area contributed by atoms with Crippen molar-refractivity contribution in [1.29, 1.82) is 0 Å². The molecule has 3 nitrogen and oxygen atoms in total. The number of hydrogen-bond donors (Lipinski definition) is 1. The van der Waals surface area contributed by atoms with E-state index in [0.717, 1.165) is 31.1 Å². The molecule has 3 heteroatoms. The zero-order valence-corrected chi connectivity index (χ0v) is 11.9. The van der Waals surface area contributed by atoms with Gasteiger partial charge in [-0.1, -0.05) is 26.3 Å². The molecule has 0 heterocycles. The minimum absolute atomic E-state index is 0.0464. The lowest BCUT2D eigenvalue weighted by Gasteiger charge is -2.51. The van der Waals surface area contributed by atoms with Crippen LogP contribution in [0.3, 0.4) is 0 Å². The summed E-state index contributed by atoms with van der Waals surface area (Å²) >= 11 is 0. The quantitative estimate of drug-likeness (QED) is 0.778. The molecule has 3 aliphatic carbocycles. The van der Waals surface area contributed by atoms with Gasteiger partial charge >= 0.3 is 5.97 Å². The molecular formula is C16H22O3. The van der Waals surface area contributed by atoms with E-state index >= 15 is 0 Å². The van der Waals surface area contributed by atoms with Crippen LogP contribution in [0.1, 0.15) is 46.5 Å². The van der Waals surface area contributed by atoms with Crippen molar-refractivity contribution < 1.29 is 14.7 Å². The predicted molar refractivity (Wildman–Crippen MR) is 71.6 cm³/mol. The monoisotopic (exact) mass is 262 g/mol. The van der Waals surface area contributed by atoms with Gasteiger partial charge in [-0.3, -0.25) is 0 Å². The van der Waals surface area contributed by atoms with Crippen molar-refractivity contribution in [3.63, 3.8) is 0 Å². The van der Waals surface area contributed by atoms with Gasteiger partial charge in [0.05, 0.1) is 0 Å². The molecule has 0 aliphatic heterocycles. The Morgan fingerprint density at radius 1 is 1.37 bits per heavy atom. The molecule has 2 bridgehead atoms. The van der Waals surface area contributed by atoms with Crippen molar-refractivity contribution >= 4 is 12.3 Å². The molecule has 3 rings (SSSR count). The maximum atomic E-state index is 11.6. The first-order chi connectivity index (χ1) is 8.86. The van der Waals surface area contributed by atoms with Crippen LogP contribution >= 0.6 is 0 Å². The van der Waals surface area contributed by atoms with E-state index in [4.69, 9.17) is 0 Å². The van der Waals surface area contributed by atoms with Crippen LogP contribution in [-0.4, -0.2) is 17.4 Å². The largest absolute Gasteiger partial charge is 0.478 e. The normalized spacial score (nSPS) is 43.2. The average molecular weight is 262 g/mol. The van der Waals surface area contributed by atoms with E-state index in [-0.39, 0.29) is 10.8 Å². The van der Waals surface area contributed by atoms with Crippen LogP contribution in [0.5, 0.6) is 0 Å². The molecule has 1 N–H and O–H groups in total. The van der Waals surface area contributed by atoms with Crippen molar-refractivity contribution in [2.24, 2.45) is 28.6 Å². The Hall–Kier alpha value is -1.12. The molecule has 0 aromatic rings. The molecule has 0 saturated heterocycles. The van der Waals surface area contributed by atoms with Crippen LogP contribution in [0.4, 0.5) is 0 Å². The molecule has 0 aromatic carbocycles. The van der Waals surface area contributed by atoms with Crippen molar-refractivity contribution in [1.82, 2.24) is 0 Å². The number of fused-ring (bicyclic) bond motifs is 1. The summed E-state index contributed by atoms with van der Waals surface area (Å²) in [5.41, 5.74) is 1.62. The zero-order chi connectivity index (χ0) is 14.0. The first-order valence-corrected chi connectivity index (χ1v) is 7.28. The number of aliphatic carboxylic acids is 1. The van der Waals surface area contributed by atoms with Crippen LogP contribution in [0.2, 0.25) is 0 Å². The van der Waals surface area contributed by atoms with Gasteiger partial charge < -0.3 is 9.90 Å². The second kappa shape index (κ2) is 3.71. The van der Waals surface area contributed by atoms with Gasteiger partial charge in [-0.05, 0) is 42.9 Å². The Balaban J connectivity index is 2.24. The SMILES string of the molecule is CC1CCC2CC3=C(C(=O)O)C(C=O)CC31C2(C)C. The fourth-order valence-electron chi connectivity index (χ4n) is 5.54. The second-order valence-electron chi connectivity index (χ2n) is 7.22. The molecule has 4 unspecified atom stereocenters. The summed E-state index contributed by atoms with van der Waals surface area (Å²) in [6, 6.07) is 0. The third-order valence-electron chi connectivity index (χ3n) is 6.58. The lowest BCUT2D eigenvalue weighted by Crippen LogP contribution is -2.45. The summed E-state index contributed by atoms with van der Waals surface area (Å²) in [4.78, 5) is 22.9. The molecule has 1 spiro atoms. The van der Waals surface area contributed by atoms with E-state index in [1.54, 1.807) is 0 Å². The van der Waals surface area contributed by atoms with Crippen LogP contribution in [0.15, 0.2) is 11.1 Å². The van der Waals surface area contributed by atoms with Gasteiger partial charge in [-0.15, -0.1) is 0 Å². The summed E-state index contributed by atoms with van der Waals surface area (Å²) < 4.78 is 0. The van der Waals surface area contributed by atoms with E-state index in [0.29, 0.717) is 17.4 Å². The van der Waals surface area contributed by atoms with Gasteiger partial charge in [-0.25, -0.2) is 4.79 Å². The van der Waals surface area contributed by atoms with Gasteiger partial charge in [0.2, 0.25) is 0 Å². The Labute approximate surface area is 114 Å². The maximum absolute atomic E-state index is 11.6. The topological polar surface area (TPSA) is 54.4 Å². The number of carboxylic acid groups (broad SMARTS) is 1.